The van der Waals surface area contributed by atoms with Crippen molar-refractivity contribution in [1.29, 1.82) is 0 Å². The second-order valence-corrected chi connectivity index (χ2v) is 5.55. The standard InChI is InChI=1S/C18H24N2/c1-14(2)20(13-16-9-5-4-6-10-16)18-12-8-7-11-17(18)15(3)19/h4-12,14-15H,13,19H2,1-3H3/t15-/m1/s1. The molecule has 0 spiro atoms. The molecular weight excluding hydrogens is 244 g/mol. The molecule has 2 rings (SSSR count). The molecule has 0 aromatic heterocycles. The Kier molecular flexibility index (Phi) is 4.80. The number of nitrogens with zero attached hydrogens (tertiary/aromatic N) is 1. The van der Waals surface area contributed by atoms with E-state index in [9.17, 15) is 0 Å². The minimum atomic E-state index is 0.0447. The van der Waals surface area contributed by atoms with Crippen molar-refractivity contribution in [2.24, 2.45) is 5.73 Å². The highest BCUT2D eigenvalue weighted by atomic mass is 15.2. The van der Waals surface area contributed by atoms with Gasteiger partial charge in [0.05, 0.1) is 0 Å². The molecule has 0 fully saturated rings. The van der Waals surface area contributed by atoms with E-state index in [1.165, 1.54) is 16.8 Å². The van der Waals surface area contributed by atoms with Crippen LogP contribution < -0.4 is 10.6 Å². The van der Waals surface area contributed by atoms with E-state index in [4.69, 9.17) is 5.73 Å². The topological polar surface area (TPSA) is 29.3 Å². The quantitative estimate of drug-likeness (QED) is 0.883. The predicted molar refractivity (Wildman–Crippen MR) is 86.8 cm³/mol. The Morgan fingerprint density at radius 2 is 1.50 bits per heavy atom. The Hall–Kier alpha value is -1.80. The summed E-state index contributed by atoms with van der Waals surface area (Å²) < 4.78 is 0. The first-order valence-electron chi connectivity index (χ1n) is 7.24. The smallest absolute Gasteiger partial charge is 0.0432 e. The fourth-order valence-electron chi connectivity index (χ4n) is 2.46. The molecule has 2 N–H and O–H groups in total. The third-order valence-corrected chi connectivity index (χ3v) is 3.56. The van der Waals surface area contributed by atoms with Gasteiger partial charge in [-0.3, -0.25) is 0 Å². The number of hydrogen-bond donors (Lipinski definition) is 1. The first-order valence-corrected chi connectivity index (χ1v) is 7.24. The highest BCUT2D eigenvalue weighted by Gasteiger charge is 2.16. The van der Waals surface area contributed by atoms with Crippen LogP contribution in [0.2, 0.25) is 0 Å². The fourth-order valence-corrected chi connectivity index (χ4v) is 2.46. The highest BCUT2D eigenvalue weighted by Crippen LogP contribution is 2.28. The van der Waals surface area contributed by atoms with Crippen molar-refractivity contribution in [2.45, 2.75) is 39.4 Å². The molecule has 0 aliphatic carbocycles. The van der Waals surface area contributed by atoms with Crippen LogP contribution in [-0.4, -0.2) is 6.04 Å². The molecular formula is C18H24N2. The van der Waals surface area contributed by atoms with Gasteiger partial charge in [0.15, 0.2) is 0 Å². The van der Waals surface area contributed by atoms with E-state index >= 15 is 0 Å². The monoisotopic (exact) mass is 268 g/mol. The van der Waals surface area contributed by atoms with Gasteiger partial charge in [-0.15, -0.1) is 0 Å². The molecule has 20 heavy (non-hydrogen) atoms. The summed E-state index contributed by atoms with van der Waals surface area (Å²) in [6.45, 7) is 7.39. The zero-order chi connectivity index (χ0) is 14.5. The fraction of sp³-hybridized carbons (Fsp3) is 0.333. The van der Waals surface area contributed by atoms with Crippen molar-refractivity contribution in [3.8, 4) is 0 Å². The minimum absolute atomic E-state index is 0.0447. The number of para-hydroxylation sites is 1. The van der Waals surface area contributed by atoms with E-state index in [0.717, 1.165) is 6.54 Å². The van der Waals surface area contributed by atoms with E-state index < -0.39 is 0 Å². The predicted octanol–water partition coefficient (Wildman–Crippen LogP) is 4.12. The third-order valence-electron chi connectivity index (χ3n) is 3.56. The van der Waals surface area contributed by atoms with E-state index in [1.807, 2.05) is 6.92 Å². The van der Waals surface area contributed by atoms with Gasteiger partial charge in [0.25, 0.3) is 0 Å². The van der Waals surface area contributed by atoms with Gasteiger partial charge in [0.2, 0.25) is 0 Å². The van der Waals surface area contributed by atoms with Crippen molar-refractivity contribution in [3.63, 3.8) is 0 Å². The SMILES string of the molecule is CC(C)N(Cc1ccccc1)c1ccccc1[C@@H](C)N. The normalized spacial score (nSPS) is 12.4. The van der Waals surface area contributed by atoms with Crippen LogP contribution in [0.15, 0.2) is 54.6 Å². The third kappa shape index (κ3) is 3.40. The van der Waals surface area contributed by atoms with Crippen LogP contribution >= 0.6 is 0 Å². The summed E-state index contributed by atoms with van der Waals surface area (Å²) in [6, 6.07) is 19.5. The Morgan fingerprint density at radius 3 is 2.10 bits per heavy atom. The lowest BCUT2D eigenvalue weighted by molar-refractivity contribution is 0.672. The lowest BCUT2D eigenvalue weighted by atomic mass is 10.0. The second-order valence-electron chi connectivity index (χ2n) is 5.55. The van der Waals surface area contributed by atoms with Gasteiger partial charge in [-0.2, -0.15) is 0 Å². The van der Waals surface area contributed by atoms with Crippen molar-refractivity contribution in [3.05, 3.63) is 65.7 Å². The van der Waals surface area contributed by atoms with E-state index in [-0.39, 0.29) is 6.04 Å². The average molecular weight is 268 g/mol. The largest absolute Gasteiger partial charge is 0.365 e. The maximum Gasteiger partial charge on any atom is 0.0432 e. The van der Waals surface area contributed by atoms with Crippen LogP contribution in [0.3, 0.4) is 0 Å². The molecule has 106 valence electrons. The van der Waals surface area contributed by atoms with E-state index in [2.05, 4.69) is 73.3 Å². The van der Waals surface area contributed by atoms with Gasteiger partial charge >= 0.3 is 0 Å². The molecule has 2 aromatic rings. The number of rotatable bonds is 5. The molecule has 0 unspecified atom stereocenters. The number of benzene rings is 2. The number of anilines is 1. The maximum absolute atomic E-state index is 6.12. The van der Waals surface area contributed by atoms with Gasteiger partial charge in [-0.1, -0.05) is 48.5 Å². The van der Waals surface area contributed by atoms with E-state index in [0.29, 0.717) is 6.04 Å². The molecule has 2 aromatic carbocycles. The van der Waals surface area contributed by atoms with Gasteiger partial charge < -0.3 is 10.6 Å². The first-order chi connectivity index (χ1) is 9.59. The van der Waals surface area contributed by atoms with Crippen molar-refractivity contribution in [2.75, 3.05) is 4.90 Å². The summed E-state index contributed by atoms with van der Waals surface area (Å²) in [7, 11) is 0. The average Bonchev–Trinajstić information content (AvgIpc) is 2.45. The summed E-state index contributed by atoms with van der Waals surface area (Å²) in [4.78, 5) is 2.41. The van der Waals surface area contributed by atoms with Crippen LogP contribution in [0, 0.1) is 0 Å². The van der Waals surface area contributed by atoms with Gasteiger partial charge in [-0.25, -0.2) is 0 Å². The van der Waals surface area contributed by atoms with Gasteiger partial charge in [0, 0.05) is 24.3 Å². The summed E-state index contributed by atoms with van der Waals surface area (Å²) in [5.74, 6) is 0. The van der Waals surface area contributed by atoms with Crippen LogP contribution in [0.1, 0.15) is 37.9 Å². The molecule has 2 heteroatoms. The molecule has 0 aliphatic heterocycles. The summed E-state index contributed by atoms with van der Waals surface area (Å²) in [5.41, 5.74) is 9.88. The molecule has 2 nitrogen and oxygen atoms in total. The molecule has 0 amide bonds. The number of hydrogen-bond acceptors (Lipinski definition) is 2. The molecule has 0 heterocycles. The Labute approximate surface area is 122 Å². The zero-order valence-electron chi connectivity index (χ0n) is 12.6. The summed E-state index contributed by atoms with van der Waals surface area (Å²) >= 11 is 0. The van der Waals surface area contributed by atoms with Crippen LogP contribution in [-0.2, 0) is 6.54 Å². The Bertz CT molecular complexity index is 532. The molecule has 1 atom stereocenters. The van der Waals surface area contributed by atoms with Crippen molar-refractivity contribution < 1.29 is 0 Å². The van der Waals surface area contributed by atoms with E-state index in [1.54, 1.807) is 0 Å². The second kappa shape index (κ2) is 6.58. The van der Waals surface area contributed by atoms with Crippen LogP contribution in [0.5, 0.6) is 0 Å². The van der Waals surface area contributed by atoms with Gasteiger partial charge in [-0.05, 0) is 38.0 Å². The molecule has 0 bridgehead atoms. The van der Waals surface area contributed by atoms with Crippen molar-refractivity contribution in [1.82, 2.24) is 0 Å². The van der Waals surface area contributed by atoms with Gasteiger partial charge in [0.1, 0.15) is 0 Å². The lowest BCUT2D eigenvalue weighted by Crippen LogP contribution is -2.31. The summed E-state index contributed by atoms with van der Waals surface area (Å²) in [5, 5.41) is 0. The van der Waals surface area contributed by atoms with Crippen LogP contribution in [0.25, 0.3) is 0 Å². The Morgan fingerprint density at radius 1 is 0.900 bits per heavy atom. The van der Waals surface area contributed by atoms with Crippen molar-refractivity contribution >= 4 is 5.69 Å². The zero-order valence-corrected chi connectivity index (χ0v) is 12.6. The first kappa shape index (κ1) is 14.6. The molecule has 0 saturated carbocycles. The summed E-state index contributed by atoms with van der Waals surface area (Å²) in [6.07, 6.45) is 0. The molecule has 0 aliphatic rings. The molecule has 0 saturated heterocycles. The minimum Gasteiger partial charge on any atom is -0.365 e. The number of nitrogens with two attached hydrogens (primary N) is 1. The Balaban J connectivity index is 2.34. The van der Waals surface area contributed by atoms with Crippen LogP contribution in [0.4, 0.5) is 5.69 Å². The highest BCUT2D eigenvalue weighted by molar-refractivity contribution is 5.55. The molecule has 0 radical (unpaired) electrons. The maximum atomic E-state index is 6.12. The lowest BCUT2D eigenvalue weighted by Gasteiger charge is -2.32.